The summed E-state index contributed by atoms with van der Waals surface area (Å²) in [5.74, 6) is 1.07. The first kappa shape index (κ1) is 20.8. The maximum absolute atomic E-state index is 12.0. The molecule has 0 spiro atoms. The van der Waals surface area contributed by atoms with Gasteiger partial charge in [-0.2, -0.15) is 4.98 Å². The molecule has 2 amide bonds. The van der Waals surface area contributed by atoms with Gasteiger partial charge < -0.3 is 19.4 Å². The Morgan fingerprint density at radius 3 is 2.31 bits per heavy atom. The number of piperazine rings is 1. The van der Waals surface area contributed by atoms with E-state index in [2.05, 4.69) is 44.3 Å². The topological polar surface area (TPSA) is 90.9 Å². The Bertz CT molecular complexity index is 1030. The highest BCUT2D eigenvalue weighted by molar-refractivity contribution is 8.18. The summed E-state index contributed by atoms with van der Waals surface area (Å²) in [5, 5.41) is 1.93. The number of thioether (sulfide) groups is 1. The van der Waals surface area contributed by atoms with Crippen LogP contribution in [0.5, 0.6) is 0 Å². The van der Waals surface area contributed by atoms with E-state index in [0.717, 1.165) is 56.8 Å². The van der Waals surface area contributed by atoms with E-state index in [0.29, 0.717) is 29.8 Å². The van der Waals surface area contributed by atoms with E-state index in [9.17, 15) is 9.59 Å². The Morgan fingerprint density at radius 1 is 0.906 bits per heavy atom. The van der Waals surface area contributed by atoms with Crippen LogP contribution in [0, 0.1) is 0 Å². The number of nitrogens with zero attached hydrogens (tertiary/aromatic N) is 5. The predicted octanol–water partition coefficient (Wildman–Crippen LogP) is 1.96. The molecule has 4 heterocycles. The summed E-state index contributed by atoms with van der Waals surface area (Å²) in [6.07, 6.45) is 1.67. The van der Waals surface area contributed by atoms with Crippen LogP contribution in [0.4, 0.5) is 22.2 Å². The molecule has 0 aliphatic carbocycles. The predicted molar refractivity (Wildman–Crippen MR) is 125 cm³/mol. The maximum atomic E-state index is 12.0. The molecule has 10 heteroatoms. The first-order valence-electron chi connectivity index (χ1n) is 10.7. The van der Waals surface area contributed by atoms with Crippen molar-refractivity contribution < 1.29 is 14.3 Å². The molecule has 0 bridgehead atoms. The van der Waals surface area contributed by atoms with Crippen LogP contribution in [0.25, 0.3) is 6.08 Å². The van der Waals surface area contributed by atoms with Crippen molar-refractivity contribution in [3.05, 3.63) is 47.0 Å². The fourth-order valence-electron chi connectivity index (χ4n) is 3.97. The minimum absolute atomic E-state index is 0.349. The molecule has 0 radical (unpaired) electrons. The highest BCUT2D eigenvalue weighted by Gasteiger charge is 2.26. The fraction of sp³-hybridized carbons (Fsp3) is 0.364. The van der Waals surface area contributed by atoms with E-state index in [1.165, 1.54) is 5.69 Å². The summed E-state index contributed by atoms with van der Waals surface area (Å²) in [5.41, 5.74) is 1.84. The Morgan fingerprint density at radius 2 is 1.62 bits per heavy atom. The lowest BCUT2D eigenvalue weighted by molar-refractivity contribution is -0.115. The largest absolute Gasteiger partial charge is 0.378 e. The summed E-state index contributed by atoms with van der Waals surface area (Å²) >= 11 is 0.897. The molecule has 5 rings (SSSR count). The van der Waals surface area contributed by atoms with Crippen molar-refractivity contribution in [2.45, 2.75) is 0 Å². The third-order valence-electron chi connectivity index (χ3n) is 5.66. The molecule has 9 nitrogen and oxygen atoms in total. The number of hydrogen-bond acceptors (Lipinski definition) is 9. The average molecular weight is 453 g/mol. The summed E-state index contributed by atoms with van der Waals surface area (Å²) < 4.78 is 5.48. The molecule has 3 fully saturated rings. The Hall–Kier alpha value is -3.11. The number of amides is 2. The SMILES string of the molecule is O=C1NC(=O)/C(=C/c2cc(N3CCOCC3)nc(N3CCN(c4ccccc4)CC3)n2)S1. The Kier molecular flexibility index (Phi) is 5.95. The van der Waals surface area contributed by atoms with Crippen molar-refractivity contribution in [1.29, 1.82) is 0 Å². The van der Waals surface area contributed by atoms with Gasteiger partial charge in [0.15, 0.2) is 0 Å². The van der Waals surface area contributed by atoms with E-state index in [1.54, 1.807) is 6.08 Å². The van der Waals surface area contributed by atoms with Gasteiger partial charge >= 0.3 is 0 Å². The summed E-state index contributed by atoms with van der Waals surface area (Å²) in [4.78, 5) is 40.2. The number of para-hydroxylation sites is 1. The maximum Gasteiger partial charge on any atom is 0.290 e. The van der Waals surface area contributed by atoms with Crippen molar-refractivity contribution in [2.24, 2.45) is 0 Å². The van der Waals surface area contributed by atoms with Crippen LogP contribution in [0.15, 0.2) is 41.3 Å². The number of rotatable bonds is 4. The quantitative estimate of drug-likeness (QED) is 0.699. The highest BCUT2D eigenvalue weighted by Crippen LogP contribution is 2.27. The Balaban J connectivity index is 1.40. The number of nitrogens with one attached hydrogen (secondary N) is 1. The number of benzene rings is 1. The van der Waals surface area contributed by atoms with Crippen LogP contribution in [0.1, 0.15) is 5.69 Å². The first-order chi connectivity index (χ1) is 15.7. The lowest BCUT2D eigenvalue weighted by Gasteiger charge is -2.36. The lowest BCUT2D eigenvalue weighted by atomic mass is 10.2. The first-order valence-corrected chi connectivity index (χ1v) is 11.5. The molecule has 32 heavy (non-hydrogen) atoms. The van der Waals surface area contributed by atoms with Gasteiger partial charge in [-0.1, -0.05) is 18.2 Å². The van der Waals surface area contributed by atoms with Crippen LogP contribution in [0.3, 0.4) is 0 Å². The second-order valence-electron chi connectivity index (χ2n) is 7.71. The second-order valence-corrected chi connectivity index (χ2v) is 8.73. The molecule has 1 aromatic carbocycles. The molecule has 3 saturated heterocycles. The van der Waals surface area contributed by atoms with Gasteiger partial charge in [-0.15, -0.1) is 0 Å². The number of anilines is 3. The van der Waals surface area contributed by atoms with Crippen LogP contribution in [-0.2, 0) is 9.53 Å². The highest BCUT2D eigenvalue weighted by atomic mass is 32.2. The molecule has 2 aromatic rings. The van der Waals surface area contributed by atoms with E-state index in [-0.39, 0.29) is 11.1 Å². The third kappa shape index (κ3) is 4.56. The zero-order valence-electron chi connectivity index (χ0n) is 17.6. The van der Waals surface area contributed by atoms with Gasteiger partial charge in [-0.3, -0.25) is 14.9 Å². The zero-order valence-corrected chi connectivity index (χ0v) is 18.4. The van der Waals surface area contributed by atoms with Crippen molar-refractivity contribution >= 4 is 46.4 Å². The fourth-order valence-corrected chi connectivity index (χ4v) is 4.64. The molecule has 1 N–H and O–H groups in total. The van der Waals surface area contributed by atoms with Crippen molar-refractivity contribution in [3.8, 4) is 0 Å². The smallest absolute Gasteiger partial charge is 0.290 e. The van der Waals surface area contributed by atoms with E-state index < -0.39 is 0 Å². The lowest BCUT2D eigenvalue weighted by Crippen LogP contribution is -2.47. The van der Waals surface area contributed by atoms with Crippen molar-refractivity contribution in [3.63, 3.8) is 0 Å². The van der Waals surface area contributed by atoms with Gasteiger partial charge in [-0.25, -0.2) is 4.98 Å². The van der Waals surface area contributed by atoms with Crippen LogP contribution >= 0.6 is 11.8 Å². The summed E-state index contributed by atoms with van der Waals surface area (Å²) in [6.45, 7) is 6.15. The van der Waals surface area contributed by atoms with Crippen LogP contribution < -0.4 is 20.0 Å². The molecule has 0 atom stereocenters. The minimum atomic E-state index is -0.385. The number of hydrogen-bond donors (Lipinski definition) is 1. The van der Waals surface area contributed by atoms with E-state index >= 15 is 0 Å². The van der Waals surface area contributed by atoms with Gasteiger partial charge in [0, 0.05) is 51.0 Å². The summed E-state index contributed by atoms with van der Waals surface area (Å²) in [6, 6.07) is 12.3. The van der Waals surface area contributed by atoms with Crippen LogP contribution in [0.2, 0.25) is 0 Å². The monoisotopic (exact) mass is 452 g/mol. The average Bonchev–Trinajstić information content (AvgIpc) is 3.16. The van der Waals surface area contributed by atoms with Gasteiger partial charge in [-0.05, 0) is 30.0 Å². The van der Waals surface area contributed by atoms with Crippen LogP contribution in [-0.4, -0.2) is 73.6 Å². The molecule has 1 aromatic heterocycles. The standard InChI is InChI=1S/C22H24N6O3S/c29-20-18(32-22(30)25-20)14-16-15-19(27-10-12-31-13-11-27)24-21(23-16)28-8-6-26(7-9-28)17-4-2-1-3-5-17/h1-5,14-15H,6-13H2,(H,25,29,30)/b18-14-. The van der Waals surface area contributed by atoms with Crippen molar-refractivity contribution in [1.82, 2.24) is 15.3 Å². The number of carbonyl (C=O) groups excluding carboxylic acids is 2. The van der Waals surface area contributed by atoms with Gasteiger partial charge in [0.05, 0.1) is 23.8 Å². The normalized spacial score (nSPS) is 20.8. The molecular formula is C22H24N6O3S. The molecule has 3 aliphatic rings. The molecular weight excluding hydrogens is 428 g/mol. The molecule has 0 saturated carbocycles. The molecule has 166 valence electrons. The number of morpholine rings is 1. The van der Waals surface area contributed by atoms with Gasteiger partial charge in [0.25, 0.3) is 11.1 Å². The van der Waals surface area contributed by atoms with Gasteiger partial charge in [0.1, 0.15) is 5.82 Å². The summed E-state index contributed by atoms with van der Waals surface area (Å²) in [7, 11) is 0. The third-order valence-corrected chi connectivity index (χ3v) is 6.47. The number of carbonyl (C=O) groups is 2. The zero-order chi connectivity index (χ0) is 21.9. The number of ether oxygens (including phenoxy) is 1. The molecule has 0 unspecified atom stereocenters. The number of imide groups is 1. The number of aromatic nitrogens is 2. The van der Waals surface area contributed by atoms with E-state index in [1.807, 2.05) is 12.1 Å². The second kappa shape index (κ2) is 9.17. The minimum Gasteiger partial charge on any atom is -0.378 e. The van der Waals surface area contributed by atoms with Gasteiger partial charge in [0.2, 0.25) is 5.95 Å². The Labute approximate surface area is 190 Å². The van der Waals surface area contributed by atoms with Crippen molar-refractivity contribution in [2.75, 3.05) is 67.2 Å². The molecule has 3 aliphatic heterocycles. The van der Waals surface area contributed by atoms with E-state index in [4.69, 9.17) is 14.7 Å².